The third-order valence-electron chi connectivity index (χ3n) is 4.18. The number of aromatic nitrogens is 2. The Morgan fingerprint density at radius 3 is 2.89 bits per heavy atom. The molecule has 1 aliphatic heterocycles. The average Bonchev–Trinajstić information content (AvgIpc) is 3.03. The highest BCUT2D eigenvalue weighted by molar-refractivity contribution is 6.04. The summed E-state index contributed by atoms with van der Waals surface area (Å²) in [6, 6.07) is 6.71. The van der Waals surface area contributed by atoms with Gasteiger partial charge in [-0.3, -0.25) is 15.3 Å². The van der Waals surface area contributed by atoms with E-state index in [9.17, 15) is 9.59 Å². The molecule has 144 valence electrons. The predicted octanol–water partition coefficient (Wildman–Crippen LogP) is 1.65. The van der Waals surface area contributed by atoms with Gasteiger partial charge in [0.15, 0.2) is 5.82 Å². The standard InChI is InChI=1S/C18H24N6O3/c1-11(2)19-18(26)23-24-8-7-15-14(10-24)16(22-21-15)20-17(25)12-5-4-6-13(9-12)27-3/h4-6,9,11H,7-8,10H2,1-3H3,(H2,19,23,26)(H2,20,21,22,25). The fraction of sp³-hybridized carbons (Fsp3) is 0.389. The topological polar surface area (TPSA) is 111 Å². The Morgan fingerprint density at radius 1 is 1.33 bits per heavy atom. The van der Waals surface area contributed by atoms with Gasteiger partial charge in [-0.15, -0.1) is 0 Å². The van der Waals surface area contributed by atoms with Crippen LogP contribution in [0.25, 0.3) is 0 Å². The molecule has 1 aromatic carbocycles. The summed E-state index contributed by atoms with van der Waals surface area (Å²) in [4.78, 5) is 24.4. The molecule has 0 radical (unpaired) electrons. The molecule has 3 amide bonds. The molecule has 27 heavy (non-hydrogen) atoms. The number of benzene rings is 1. The molecule has 0 unspecified atom stereocenters. The summed E-state index contributed by atoms with van der Waals surface area (Å²) in [6.45, 7) is 4.90. The molecule has 9 nitrogen and oxygen atoms in total. The van der Waals surface area contributed by atoms with Crippen LogP contribution in [-0.2, 0) is 13.0 Å². The van der Waals surface area contributed by atoms with E-state index in [0.29, 0.717) is 36.6 Å². The summed E-state index contributed by atoms with van der Waals surface area (Å²) in [5, 5.41) is 14.6. The molecule has 0 saturated heterocycles. The second-order valence-corrected chi connectivity index (χ2v) is 6.63. The molecule has 4 N–H and O–H groups in total. The number of rotatable bonds is 5. The maximum absolute atomic E-state index is 12.5. The molecule has 3 rings (SSSR count). The smallest absolute Gasteiger partial charge is 0.329 e. The number of H-pyrrole nitrogens is 1. The highest BCUT2D eigenvalue weighted by Crippen LogP contribution is 2.24. The minimum atomic E-state index is -0.272. The van der Waals surface area contributed by atoms with E-state index in [2.05, 4.69) is 26.3 Å². The van der Waals surface area contributed by atoms with Crippen molar-refractivity contribution >= 4 is 17.8 Å². The van der Waals surface area contributed by atoms with Gasteiger partial charge < -0.3 is 15.4 Å². The lowest BCUT2D eigenvalue weighted by Crippen LogP contribution is -2.50. The molecule has 0 aliphatic carbocycles. The van der Waals surface area contributed by atoms with Gasteiger partial charge in [-0.05, 0) is 32.0 Å². The number of methoxy groups -OCH3 is 1. The number of anilines is 1. The van der Waals surface area contributed by atoms with Crippen molar-refractivity contribution in [1.82, 2.24) is 25.9 Å². The number of nitrogens with one attached hydrogen (secondary N) is 4. The molecule has 0 fully saturated rings. The van der Waals surface area contributed by atoms with E-state index >= 15 is 0 Å². The number of amides is 3. The zero-order valence-electron chi connectivity index (χ0n) is 15.6. The van der Waals surface area contributed by atoms with Gasteiger partial charge >= 0.3 is 6.03 Å². The van der Waals surface area contributed by atoms with Crippen LogP contribution in [0.3, 0.4) is 0 Å². The number of hydrogen-bond acceptors (Lipinski definition) is 5. The van der Waals surface area contributed by atoms with E-state index in [-0.39, 0.29) is 18.0 Å². The van der Waals surface area contributed by atoms with Crippen molar-refractivity contribution in [3.63, 3.8) is 0 Å². The highest BCUT2D eigenvalue weighted by Gasteiger charge is 2.24. The minimum absolute atomic E-state index is 0.0528. The fourth-order valence-corrected chi connectivity index (χ4v) is 2.88. The van der Waals surface area contributed by atoms with Gasteiger partial charge in [0.25, 0.3) is 5.91 Å². The molecule has 0 atom stereocenters. The number of ether oxygens (including phenoxy) is 1. The number of hydrogen-bond donors (Lipinski definition) is 4. The molecule has 0 spiro atoms. The maximum Gasteiger partial charge on any atom is 0.329 e. The van der Waals surface area contributed by atoms with Crippen LogP contribution in [0.2, 0.25) is 0 Å². The fourth-order valence-electron chi connectivity index (χ4n) is 2.88. The van der Waals surface area contributed by atoms with E-state index < -0.39 is 0 Å². The summed E-state index contributed by atoms with van der Waals surface area (Å²) in [6.07, 6.45) is 0.694. The molecule has 0 bridgehead atoms. The van der Waals surface area contributed by atoms with Crippen LogP contribution in [0.1, 0.15) is 35.5 Å². The van der Waals surface area contributed by atoms with Crippen molar-refractivity contribution in [1.29, 1.82) is 0 Å². The Hall–Kier alpha value is -3.07. The van der Waals surface area contributed by atoms with Crippen molar-refractivity contribution in [2.75, 3.05) is 19.0 Å². The highest BCUT2D eigenvalue weighted by atomic mass is 16.5. The van der Waals surface area contributed by atoms with Gasteiger partial charge in [-0.25, -0.2) is 9.80 Å². The summed E-state index contributed by atoms with van der Waals surface area (Å²) in [5.41, 5.74) is 5.12. The number of urea groups is 1. The minimum Gasteiger partial charge on any atom is -0.497 e. The van der Waals surface area contributed by atoms with Crippen LogP contribution >= 0.6 is 0 Å². The first-order valence-corrected chi connectivity index (χ1v) is 8.80. The Balaban J connectivity index is 1.68. The number of carbonyl (C=O) groups is 2. The van der Waals surface area contributed by atoms with Crippen molar-refractivity contribution in [2.24, 2.45) is 0 Å². The molecule has 2 heterocycles. The first-order valence-electron chi connectivity index (χ1n) is 8.80. The quantitative estimate of drug-likeness (QED) is 0.638. The Kier molecular flexibility index (Phi) is 5.60. The van der Waals surface area contributed by atoms with Gasteiger partial charge in [-0.1, -0.05) is 6.07 Å². The molecule has 2 aromatic rings. The Labute approximate surface area is 157 Å². The normalized spacial score (nSPS) is 13.8. The lowest BCUT2D eigenvalue weighted by Gasteiger charge is -2.27. The van der Waals surface area contributed by atoms with E-state index in [1.54, 1.807) is 36.4 Å². The van der Waals surface area contributed by atoms with Gasteiger partial charge in [0.2, 0.25) is 0 Å². The summed E-state index contributed by atoms with van der Waals surface area (Å²) in [7, 11) is 1.55. The number of fused-ring (bicyclic) bond motifs is 1. The second-order valence-electron chi connectivity index (χ2n) is 6.63. The van der Waals surface area contributed by atoms with Crippen molar-refractivity contribution in [3.8, 4) is 5.75 Å². The van der Waals surface area contributed by atoms with Crippen LogP contribution in [0.4, 0.5) is 10.6 Å². The molecular weight excluding hydrogens is 348 g/mol. The second kappa shape index (κ2) is 8.09. The van der Waals surface area contributed by atoms with E-state index in [0.717, 1.165) is 11.3 Å². The Bertz CT molecular complexity index is 832. The van der Waals surface area contributed by atoms with Gasteiger partial charge in [0.1, 0.15) is 5.75 Å². The number of aromatic amines is 1. The van der Waals surface area contributed by atoms with Crippen LogP contribution in [-0.4, -0.2) is 46.8 Å². The van der Waals surface area contributed by atoms with E-state index in [1.807, 2.05) is 13.8 Å². The molecular formula is C18H24N6O3. The van der Waals surface area contributed by atoms with Crippen LogP contribution < -0.4 is 20.8 Å². The summed E-state index contributed by atoms with van der Waals surface area (Å²) in [5.74, 6) is 0.803. The van der Waals surface area contributed by atoms with Crippen LogP contribution in [0.15, 0.2) is 24.3 Å². The first kappa shape index (κ1) is 18.7. The van der Waals surface area contributed by atoms with Gasteiger partial charge in [0, 0.05) is 42.4 Å². The van der Waals surface area contributed by atoms with Crippen molar-refractivity contribution in [3.05, 3.63) is 41.1 Å². The zero-order chi connectivity index (χ0) is 19.4. The lowest BCUT2D eigenvalue weighted by molar-refractivity contribution is 0.102. The molecule has 9 heteroatoms. The third kappa shape index (κ3) is 4.56. The average molecular weight is 372 g/mol. The van der Waals surface area contributed by atoms with Gasteiger partial charge in [-0.2, -0.15) is 5.10 Å². The number of hydrazine groups is 1. The molecule has 1 aromatic heterocycles. The molecule has 1 aliphatic rings. The monoisotopic (exact) mass is 372 g/mol. The SMILES string of the molecule is COc1cccc(C(=O)Nc2n[nH]c3c2CN(NC(=O)NC(C)C)CC3)c1. The number of carbonyl (C=O) groups excluding carboxylic acids is 2. The lowest BCUT2D eigenvalue weighted by atomic mass is 10.1. The maximum atomic E-state index is 12.5. The molecule has 0 saturated carbocycles. The number of nitrogens with zero attached hydrogens (tertiary/aromatic N) is 2. The summed E-state index contributed by atoms with van der Waals surface area (Å²) >= 11 is 0. The van der Waals surface area contributed by atoms with Crippen molar-refractivity contribution in [2.45, 2.75) is 32.9 Å². The van der Waals surface area contributed by atoms with E-state index in [1.165, 1.54) is 0 Å². The zero-order valence-corrected chi connectivity index (χ0v) is 15.6. The predicted molar refractivity (Wildman–Crippen MR) is 100 cm³/mol. The van der Waals surface area contributed by atoms with Crippen LogP contribution in [0, 0.1) is 0 Å². The largest absolute Gasteiger partial charge is 0.497 e. The van der Waals surface area contributed by atoms with Crippen LogP contribution in [0.5, 0.6) is 5.75 Å². The van der Waals surface area contributed by atoms with Crippen molar-refractivity contribution < 1.29 is 14.3 Å². The van der Waals surface area contributed by atoms with E-state index in [4.69, 9.17) is 4.74 Å². The Morgan fingerprint density at radius 2 is 2.15 bits per heavy atom. The summed E-state index contributed by atoms with van der Waals surface area (Å²) < 4.78 is 5.15. The van der Waals surface area contributed by atoms with Gasteiger partial charge in [0.05, 0.1) is 7.11 Å². The third-order valence-corrected chi connectivity index (χ3v) is 4.18. The first-order chi connectivity index (χ1) is 13.0.